The summed E-state index contributed by atoms with van der Waals surface area (Å²) in [6.07, 6.45) is 2.68. The van der Waals surface area contributed by atoms with Gasteiger partial charge in [-0.3, -0.25) is 9.78 Å². The Hall–Kier alpha value is -3.12. The lowest BCUT2D eigenvalue weighted by Crippen LogP contribution is -2.44. The number of pyridine rings is 1. The minimum atomic E-state index is 0.00257. The Balaban J connectivity index is 1.49. The number of hydrogen-bond acceptors (Lipinski definition) is 4. The Morgan fingerprint density at radius 3 is 2.47 bits per heavy atom. The number of nitrogens with zero attached hydrogens (tertiary/aromatic N) is 2. The maximum atomic E-state index is 12.1. The molecule has 2 aliphatic rings. The summed E-state index contributed by atoms with van der Waals surface area (Å²) in [4.78, 5) is 22.7. The lowest BCUT2D eigenvalue weighted by molar-refractivity contribution is 0.0946. The summed E-state index contributed by atoms with van der Waals surface area (Å²) in [6, 6.07) is 10.5. The molecule has 6 heteroatoms. The first-order valence-electron chi connectivity index (χ1n) is 10.6. The number of aryl methyl sites for hydroxylation is 2. The summed E-state index contributed by atoms with van der Waals surface area (Å²) in [7, 11) is 0. The molecule has 1 amide bonds. The molecular formula is C24H27N5O. The van der Waals surface area contributed by atoms with Gasteiger partial charge in [0.05, 0.1) is 11.3 Å². The second-order valence-electron chi connectivity index (χ2n) is 8.21. The monoisotopic (exact) mass is 401 g/mol. The Labute approximate surface area is 176 Å². The molecule has 0 bridgehead atoms. The van der Waals surface area contributed by atoms with Crippen molar-refractivity contribution in [3.05, 3.63) is 58.9 Å². The lowest BCUT2D eigenvalue weighted by atomic mass is 9.99. The van der Waals surface area contributed by atoms with Gasteiger partial charge in [0, 0.05) is 73.5 Å². The molecule has 5 rings (SSSR count). The smallest absolute Gasteiger partial charge is 0.253 e. The van der Waals surface area contributed by atoms with Crippen LogP contribution in [0.5, 0.6) is 0 Å². The minimum absolute atomic E-state index is 0.00257. The van der Waals surface area contributed by atoms with Gasteiger partial charge < -0.3 is 20.5 Å². The summed E-state index contributed by atoms with van der Waals surface area (Å²) in [5.41, 5.74) is 9.76. The predicted molar refractivity (Wildman–Crippen MR) is 120 cm³/mol. The largest absolute Gasteiger partial charge is 0.369 e. The number of rotatable bonds is 3. The fourth-order valence-electron chi connectivity index (χ4n) is 4.70. The molecule has 1 fully saturated rings. The van der Waals surface area contributed by atoms with Crippen LogP contribution >= 0.6 is 0 Å². The number of benzene rings is 1. The molecular weight excluding hydrogens is 374 g/mol. The van der Waals surface area contributed by atoms with Crippen molar-refractivity contribution in [2.75, 3.05) is 37.6 Å². The predicted octanol–water partition coefficient (Wildman–Crippen LogP) is 3.06. The molecule has 0 radical (unpaired) electrons. The molecule has 6 nitrogen and oxygen atoms in total. The quantitative estimate of drug-likeness (QED) is 0.631. The van der Waals surface area contributed by atoms with Gasteiger partial charge in [0.1, 0.15) is 0 Å². The number of H-pyrrole nitrogens is 1. The fraction of sp³-hybridized carbons (Fsp3) is 0.333. The van der Waals surface area contributed by atoms with Crippen LogP contribution in [-0.2, 0) is 6.42 Å². The summed E-state index contributed by atoms with van der Waals surface area (Å²) < 4.78 is 0. The van der Waals surface area contributed by atoms with Crippen LogP contribution in [0.25, 0.3) is 22.5 Å². The molecule has 0 spiro atoms. The third-order valence-electron chi connectivity index (χ3n) is 6.10. The van der Waals surface area contributed by atoms with E-state index in [4.69, 9.17) is 0 Å². The highest BCUT2D eigenvalue weighted by molar-refractivity contribution is 5.97. The van der Waals surface area contributed by atoms with E-state index in [9.17, 15) is 4.79 Å². The number of piperazine rings is 1. The zero-order valence-electron chi connectivity index (χ0n) is 17.5. The van der Waals surface area contributed by atoms with Crippen molar-refractivity contribution in [2.24, 2.45) is 0 Å². The molecule has 2 aliphatic heterocycles. The van der Waals surface area contributed by atoms with Gasteiger partial charge in [0.15, 0.2) is 0 Å². The molecule has 0 atom stereocenters. The number of aromatic amines is 1. The van der Waals surface area contributed by atoms with Gasteiger partial charge >= 0.3 is 0 Å². The van der Waals surface area contributed by atoms with Crippen molar-refractivity contribution in [2.45, 2.75) is 20.3 Å². The highest BCUT2D eigenvalue weighted by Gasteiger charge is 2.20. The molecule has 3 N–H and O–H groups in total. The standard InChI is InChI=1S/C24H27N5O/c1-15-11-18(12-16(2)23(15)29-9-7-25-8-10-29)21-13-17(3-5-26-21)22-14-19-20(28-22)4-6-27-24(19)30/h3,5,11-14,25,28H,4,6-10H2,1-2H3,(H,27,30). The third kappa shape index (κ3) is 3.37. The number of fused-ring (bicyclic) bond motifs is 1. The summed E-state index contributed by atoms with van der Waals surface area (Å²) in [5, 5.41) is 6.33. The van der Waals surface area contributed by atoms with E-state index in [1.807, 2.05) is 18.3 Å². The van der Waals surface area contributed by atoms with E-state index in [0.29, 0.717) is 6.54 Å². The minimum Gasteiger partial charge on any atom is -0.369 e. The van der Waals surface area contributed by atoms with Crippen molar-refractivity contribution < 1.29 is 4.79 Å². The maximum Gasteiger partial charge on any atom is 0.253 e. The van der Waals surface area contributed by atoms with Gasteiger partial charge in [-0.1, -0.05) is 0 Å². The first-order chi connectivity index (χ1) is 14.6. The summed E-state index contributed by atoms with van der Waals surface area (Å²) in [6.45, 7) is 9.21. The van der Waals surface area contributed by atoms with Crippen molar-refractivity contribution in [1.82, 2.24) is 20.6 Å². The van der Waals surface area contributed by atoms with Crippen LogP contribution in [-0.4, -0.2) is 48.6 Å². The number of nitrogens with one attached hydrogen (secondary N) is 3. The summed E-state index contributed by atoms with van der Waals surface area (Å²) >= 11 is 0. The van der Waals surface area contributed by atoms with Crippen molar-refractivity contribution in [3.8, 4) is 22.5 Å². The van der Waals surface area contributed by atoms with Gasteiger partial charge in [0.25, 0.3) is 5.91 Å². The zero-order chi connectivity index (χ0) is 20.7. The van der Waals surface area contributed by atoms with Crippen molar-refractivity contribution in [3.63, 3.8) is 0 Å². The van der Waals surface area contributed by atoms with E-state index in [2.05, 4.69) is 57.5 Å². The third-order valence-corrected chi connectivity index (χ3v) is 6.10. The van der Waals surface area contributed by atoms with Crippen LogP contribution < -0.4 is 15.5 Å². The van der Waals surface area contributed by atoms with Gasteiger partial charge in [-0.05, 0) is 55.3 Å². The SMILES string of the molecule is Cc1cc(-c2cc(-c3cc4c([nH]3)CCNC4=O)ccn2)cc(C)c1N1CCNCC1. The Kier molecular flexibility index (Phi) is 4.79. The van der Waals surface area contributed by atoms with Crippen molar-refractivity contribution >= 4 is 11.6 Å². The average molecular weight is 402 g/mol. The molecule has 3 aromatic rings. The molecule has 1 saturated heterocycles. The van der Waals surface area contributed by atoms with Crippen LogP contribution in [0.4, 0.5) is 5.69 Å². The number of aromatic nitrogens is 2. The number of amides is 1. The van der Waals surface area contributed by atoms with Gasteiger partial charge in [-0.15, -0.1) is 0 Å². The molecule has 2 aromatic heterocycles. The molecule has 0 unspecified atom stereocenters. The van der Waals surface area contributed by atoms with E-state index >= 15 is 0 Å². The van der Waals surface area contributed by atoms with Gasteiger partial charge in [-0.2, -0.15) is 0 Å². The molecule has 0 aliphatic carbocycles. The van der Waals surface area contributed by atoms with Crippen LogP contribution in [0.1, 0.15) is 27.2 Å². The molecule has 4 heterocycles. The average Bonchev–Trinajstić information content (AvgIpc) is 3.20. The van der Waals surface area contributed by atoms with Crippen molar-refractivity contribution in [1.29, 1.82) is 0 Å². The number of carbonyl (C=O) groups excluding carboxylic acids is 1. The van der Waals surface area contributed by atoms with Crippen LogP contribution in [0.3, 0.4) is 0 Å². The first kappa shape index (κ1) is 18.9. The number of anilines is 1. The molecule has 1 aromatic carbocycles. The van der Waals surface area contributed by atoms with Crippen LogP contribution in [0.15, 0.2) is 36.5 Å². The zero-order valence-corrected chi connectivity index (χ0v) is 17.5. The Bertz CT molecular complexity index is 1090. The second-order valence-corrected chi connectivity index (χ2v) is 8.21. The maximum absolute atomic E-state index is 12.1. The van der Waals surface area contributed by atoms with Crippen LogP contribution in [0, 0.1) is 13.8 Å². The lowest BCUT2D eigenvalue weighted by Gasteiger charge is -2.32. The molecule has 0 saturated carbocycles. The van der Waals surface area contributed by atoms with Gasteiger partial charge in [0.2, 0.25) is 0 Å². The van der Waals surface area contributed by atoms with Gasteiger partial charge in [-0.25, -0.2) is 0 Å². The number of hydrogen-bond donors (Lipinski definition) is 3. The number of carbonyl (C=O) groups is 1. The van der Waals surface area contributed by atoms with E-state index in [1.54, 1.807) is 0 Å². The van der Waals surface area contributed by atoms with E-state index in [-0.39, 0.29) is 5.91 Å². The molecule has 154 valence electrons. The fourth-order valence-corrected chi connectivity index (χ4v) is 4.70. The second kappa shape index (κ2) is 7.61. The molecule has 30 heavy (non-hydrogen) atoms. The van der Waals surface area contributed by atoms with Crippen LogP contribution in [0.2, 0.25) is 0 Å². The normalized spacial score (nSPS) is 16.3. The van der Waals surface area contributed by atoms with E-state index < -0.39 is 0 Å². The summed E-state index contributed by atoms with van der Waals surface area (Å²) in [5.74, 6) is 0.00257. The Morgan fingerprint density at radius 1 is 0.967 bits per heavy atom. The highest BCUT2D eigenvalue weighted by atomic mass is 16.1. The topological polar surface area (TPSA) is 73.0 Å². The van der Waals surface area contributed by atoms with E-state index in [1.165, 1.54) is 16.8 Å². The highest BCUT2D eigenvalue weighted by Crippen LogP contribution is 2.32. The van der Waals surface area contributed by atoms with E-state index in [0.717, 1.165) is 66.4 Å². The Morgan fingerprint density at radius 2 is 1.73 bits per heavy atom. The first-order valence-corrected chi connectivity index (χ1v) is 10.6.